The van der Waals surface area contributed by atoms with E-state index in [0.29, 0.717) is 11.3 Å². The van der Waals surface area contributed by atoms with Gasteiger partial charge in [0, 0.05) is 25.3 Å². The van der Waals surface area contributed by atoms with E-state index in [-0.39, 0.29) is 10.8 Å². The molecule has 0 saturated heterocycles. The summed E-state index contributed by atoms with van der Waals surface area (Å²) in [5.74, 6) is -1.35. The van der Waals surface area contributed by atoms with E-state index in [1.807, 2.05) is 31.1 Å². The number of thiophene rings is 1. The molecule has 2 aromatic rings. The zero-order chi connectivity index (χ0) is 15.6. The van der Waals surface area contributed by atoms with E-state index < -0.39 is 5.97 Å². The first-order chi connectivity index (χ1) is 9.90. The largest absolute Gasteiger partial charge is 0.477 e. The van der Waals surface area contributed by atoms with Gasteiger partial charge in [0.1, 0.15) is 4.88 Å². The van der Waals surface area contributed by atoms with E-state index in [2.05, 4.69) is 5.32 Å². The van der Waals surface area contributed by atoms with E-state index in [4.69, 9.17) is 5.11 Å². The van der Waals surface area contributed by atoms with E-state index in [1.165, 1.54) is 0 Å². The maximum Gasteiger partial charge on any atom is 0.348 e. The van der Waals surface area contributed by atoms with E-state index in [1.54, 1.807) is 24.4 Å². The minimum Gasteiger partial charge on any atom is -0.477 e. The zero-order valence-corrected chi connectivity index (χ0v) is 12.8. The lowest BCUT2D eigenvalue weighted by Gasteiger charge is -2.12. The van der Waals surface area contributed by atoms with Crippen molar-refractivity contribution in [3.63, 3.8) is 0 Å². The van der Waals surface area contributed by atoms with Gasteiger partial charge in [-0.3, -0.25) is 4.79 Å². The van der Waals surface area contributed by atoms with E-state index in [9.17, 15) is 9.59 Å². The number of carbonyl (C=O) groups is 2. The molecule has 0 radical (unpaired) electrons. The predicted octanol–water partition coefficient (Wildman–Crippen LogP) is 3.07. The quantitative estimate of drug-likeness (QED) is 0.910. The number of carbonyl (C=O) groups excluding carboxylic acids is 1. The van der Waals surface area contributed by atoms with Gasteiger partial charge in [-0.2, -0.15) is 0 Å². The molecule has 5 nitrogen and oxygen atoms in total. The van der Waals surface area contributed by atoms with Crippen LogP contribution in [-0.4, -0.2) is 31.1 Å². The molecule has 0 aliphatic carbocycles. The normalized spacial score (nSPS) is 10.2. The molecule has 1 aromatic heterocycles. The summed E-state index contributed by atoms with van der Waals surface area (Å²) in [5, 5.41) is 13.5. The number of hydrogen-bond donors (Lipinski definition) is 2. The van der Waals surface area contributed by atoms with Crippen LogP contribution in [0.15, 0.2) is 29.6 Å². The molecule has 0 spiro atoms. The van der Waals surface area contributed by atoms with Gasteiger partial charge in [-0.1, -0.05) is 0 Å². The molecule has 2 rings (SSSR count). The minimum atomic E-state index is -1.04. The Bertz CT molecular complexity index is 675. The molecular weight excluding hydrogens is 288 g/mol. The Balaban J connectivity index is 2.22. The number of nitrogens with one attached hydrogen (secondary N) is 1. The summed E-state index contributed by atoms with van der Waals surface area (Å²) in [5.41, 5.74) is 2.59. The number of aromatic carboxylic acids is 1. The second kappa shape index (κ2) is 5.97. The Labute approximate surface area is 126 Å². The monoisotopic (exact) mass is 304 g/mol. The summed E-state index contributed by atoms with van der Waals surface area (Å²) in [6, 6.07) is 7.11. The summed E-state index contributed by atoms with van der Waals surface area (Å²) in [4.78, 5) is 25.4. The molecule has 2 N–H and O–H groups in total. The lowest BCUT2D eigenvalue weighted by Crippen LogP contribution is -2.15. The van der Waals surface area contributed by atoms with Gasteiger partial charge >= 0.3 is 5.97 Å². The van der Waals surface area contributed by atoms with Crippen molar-refractivity contribution in [3.8, 4) is 0 Å². The van der Waals surface area contributed by atoms with Crippen LogP contribution in [-0.2, 0) is 0 Å². The first-order valence-electron chi connectivity index (χ1n) is 6.30. The summed E-state index contributed by atoms with van der Waals surface area (Å²) >= 11 is 1.11. The molecule has 1 aromatic carbocycles. The lowest BCUT2D eigenvalue weighted by atomic mass is 10.1. The van der Waals surface area contributed by atoms with Gasteiger partial charge in [-0.05, 0) is 42.1 Å². The van der Waals surface area contributed by atoms with Crippen molar-refractivity contribution in [1.29, 1.82) is 0 Å². The van der Waals surface area contributed by atoms with Gasteiger partial charge < -0.3 is 15.3 Å². The number of carboxylic acid groups (broad SMARTS) is 1. The predicted molar refractivity (Wildman–Crippen MR) is 84.7 cm³/mol. The zero-order valence-electron chi connectivity index (χ0n) is 12.0. The third-order valence-electron chi connectivity index (χ3n) is 3.05. The smallest absolute Gasteiger partial charge is 0.348 e. The highest BCUT2D eigenvalue weighted by Gasteiger charge is 2.18. The summed E-state index contributed by atoms with van der Waals surface area (Å²) < 4.78 is 0. The van der Waals surface area contributed by atoms with E-state index in [0.717, 1.165) is 22.6 Å². The molecule has 110 valence electrons. The third-order valence-corrected chi connectivity index (χ3v) is 4.14. The van der Waals surface area contributed by atoms with Crippen LogP contribution in [0.3, 0.4) is 0 Å². The van der Waals surface area contributed by atoms with Gasteiger partial charge in [0.15, 0.2) is 0 Å². The number of nitrogens with zero attached hydrogens (tertiary/aromatic N) is 1. The number of amides is 1. The fraction of sp³-hybridized carbons (Fsp3) is 0.200. The fourth-order valence-electron chi connectivity index (χ4n) is 1.85. The summed E-state index contributed by atoms with van der Waals surface area (Å²) in [6.45, 7) is 1.77. The maximum atomic E-state index is 12.2. The van der Waals surface area contributed by atoms with Gasteiger partial charge in [0.25, 0.3) is 5.91 Å². The number of anilines is 2. The van der Waals surface area contributed by atoms with Crippen LogP contribution in [0, 0.1) is 6.92 Å². The Kier molecular flexibility index (Phi) is 4.28. The van der Waals surface area contributed by atoms with Crippen LogP contribution < -0.4 is 10.2 Å². The van der Waals surface area contributed by atoms with Crippen molar-refractivity contribution < 1.29 is 14.7 Å². The van der Waals surface area contributed by atoms with Crippen LogP contribution in [0.5, 0.6) is 0 Å². The Morgan fingerprint density at radius 3 is 2.33 bits per heavy atom. The molecule has 0 atom stereocenters. The first kappa shape index (κ1) is 15.1. The van der Waals surface area contributed by atoms with Crippen molar-refractivity contribution >= 4 is 34.6 Å². The van der Waals surface area contributed by atoms with Crippen molar-refractivity contribution in [2.75, 3.05) is 24.3 Å². The number of rotatable bonds is 4. The average molecular weight is 304 g/mol. The first-order valence-corrected chi connectivity index (χ1v) is 7.18. The Morgan fingerprint density at radius 2 is 1.81 bits per heavy atom. The molecule has 0 aliphatic rings. The number of aryl methyl sites for hydroxylation is 1. The van der Waals surface area contributed by atoms with Gasteiger partial charge in [-0.25, -0.2) is 4.79 Å². The highest BCUT2D eigenvalue weighted by molar-refractivity contribution is 7.12. The standard InChI is InChI=1S/C15H16N2O3S/c1-9-8-21-13(15(19)20)12(9)16-14(18)10-4-6-11(7-5-10)17(2)3/h4-8H,1-3H3,(H,16,18)(H,19,20). The van der Waals surface area contributed by atoms with E-state index >= 15 is 0 Å². The molecule has 0 fully saturated rings. The highest BCUT2D eigenvalue weighted by Crippen LogP contribution is 2.28. The molecule has 21 heavy (non-hydrogen) atoms. The number of hydrogen-bond acceptors (Lipinski definition) is 4. The molecule has 0 bridgehead atoms. The van der Waals surface area contributed by atoms with Gasteiger partial charge in [0.2, 0.25) is 0 Å². The molecule has 0 aliphatic heterocycles. The molecular formula is C15H16N2O3S. The SMILES string of the molecule is Cc1csc(C(=O)O)c1NC(=O)c1ccc(N(C)C)cc1. The third kappa shape index (κ3) is 3.22. The molecule has 1 heterocycles. The van der Waals surface area contributed by atoms with Crippen LogP contribution in [0.1, 0.15) is 25.6 Å². The summed E-state index contributed by atoms with van der Waals surface area (Å²) in [7, 11) is 3.84. The number of benzene rings is 1. The van der Waals surface area contributed by atoms with Crippen molar-refractivity contribution in [3.05, 3.63) is 45.6 Å². The van der Waals surface area contributed by atoms with Gasteiger partial charge in [-0.15, -0.1) is 11.3 Å². The Morgan fingerprint density at radius 1 is 1.19 bits per heavy atom. The van der Waals surface area contributed by atoms with Gasteiger partial charge in [0.05, 0.1) is 5.69 Å². The fourth-order valence-corrected chi connectivity index (χ4v) is 2.70. The molecule has 6 heteroatoms. The summed E-state index contributed by atoms with van der Waals surface area (Å²) in [6.07, 6.45) is 0. The highest BCUT2D eigenvalue weighted by atomic mass is 32.1. The van der Waals surface area contributed by atoms with Crippen molar-refractivity contribution in [1.82, 2.24) is 0 Å². The van der Waals surface area contributed by atoms with Crippen LogP contribution in [0.25, 0.3) is 0 Å². The average Bonchev–Trinajstić information content (AvgIpc) is 2.80. The second-order valence-corrected chi connectivity index (χ2v) is 5.70. The Hall–Kier alpha value is -2.34. The number of carboxylic acids is 1. The van der Waals surface area contributed by atoms with Crippen molar-refractivity contribution in [2.45, 2.75) is 6.92 Å². The molecule has 0 unspecified atom stereocenters. The molecule has 1 amide bonds. The van der Waals surface area contributed by atoms with Crippen LogP contribution in [0.4, 0.5) is 11.4 Å². The topological polar surface area (TPSA) is 69.6 Å². The molecule has 0 saturated carbocycles. The van der Waals surface area contributed by atoms with Crippen molar-refractivity contribution in [2.24, 2.45) is 0 Å². The lowest BCUT2D eigenvalue weighted by molar-refractivity contribution is 0.0703. The minimum absolute atomic E-state index is 0.144. The maximum absolute atomic E-state index is 12.2. The van der Waals surface area contributed by atoms with Crippen LogP contribution in [0.2, 0.25) is 0 Å². The second-order valence-electron chi connectivity index (χ2n) is 4.82. The van der Waals surface area contributed by atoms with Crippen LogP contribution >= 0.6 is 11.3 Å².